The number of halogens is 1. The predicted molar refractivity (Wildman–Crippen MR) is 78.8 cm³/mol. The van der Waals surface area contributed by atoms with Gasteiger partial charge in [0.05, 0.1) is 6.61 Å². The van der Waals surface area contributed by atoms with E-state index in [4.69, 9.17) is 4.74 Å². The number of para-hydroxylation sites is 1. The number of piperidine rings is 1. The molecular weight excluding hydrogens is 246 g/mol. The fraction of sp³-hybridized carbons (Fsp3) is 0.600. The molecule has 0 aliphatic carbocycles. The maximum Gasteiger partial charge on any atom is 0.122 e. The highest BCUT2D eigenvalue weighted by atomic mass is 35.5. The highest BCUT2D eigenvalue weighted by Crippen LogP contribution is 2.20. The number of rotatable bonds is 5. The third-order valence-corrected chi connectivity index (χ3v) is 3.60. The Hall–Kier alpha value is -0.730. The third kappa shape index (κ3) is 4.51. The van der Waals surface area contributed by atoms with Crippen LogP contribution < -0.4 is 10.1 Å². The van der Waals surface area contributed by atoms with Crippen molar-refractivity contribution in [3.05, 3.63) is 29.8 Å². The molecule has 102 valence electrons. The highest BCUT2D eigenvalue weighted by molar-refractivity contribution is 5.85. The first-order valence-corrected chi connectivity index (χ1v) is 6.81. The SMILES string of the molecule is CCc1ccccc1OCCC1CCNCC1.Cl. The summed E-state index contributed by atoms with van der Waals surface area (Å²) in [6, 6.07) is 8.37. The van der Waals surface area contributed by atoms with E-state index >= 15 is 0 Å². The van der Waals surface area contributed by atoms with Crippen LogP contribution in [0.5, 0.6) is 5.75 Å². The standard InChI is InChI=1S/C15H23NO.ClH/c1-2-14-5-3-4-6-15(14)17-12-9-13-7-10-16-11-8-13;/h3-6,13,16H,2,7-12H2,1H3;1H. The first-order chi connectivity index (χ1) is 8.40. The van der Waals surface area contributed by atoms with Crippen LogP contribution in [-0.2, 0) is 6.42 Å². The number of hydrogen-bond donors (Lipinski definition) is 1. The van der Waals surface area contributed by atoms with Crippen LogP contribution in [-0.4, -0.2) is 19.7 Å². The van der Waals surface area contributed by atoms with Crippen molar-refractivity contribution < 1.29 is 4.74 Å². The Morgan fingerprint density at radius 1 is 1.22 bits per heavy atom. The lowest BCUT2D eigenvalue weighted by Gasteiger charge is -2.22. The van der Waals surface area contributed by atoms with Gasteiger partial charge in [-0.15, -0.1) is 12.4 Å². The molecule has 0 saturated carbocycles. The summed E-state index contributed by atoms with van der Waals surface area (Å²) in [6.07, 6.45) is 4.85. The van der Waals surface area contributed by atoms with Crippen LogP contribution in [0.2, 0.25) is 0 Å². The van der Waals surface area contributed by atoms with E-state index in [1.807, 2.05) is 0 Å². The van der Waals surface area contributed by atoms with Crippen molar-refractivity contribution in [1.82, 2.24) is 5.32 Å². The highest BCUT2D eigenvalue weighted by Gasteiger charge is 2.12. The minimum atomic E-state index is 0. The molecule has 1 aromatic carbocycles. The summed E-state index contributed by atoms with van der Waals surface area (Å²) in [5, 5.41) is 3.40. The van der Waals surface area contributed by atoms with Crippen LogP contribution in [0, 0.1) is 5.92 Å². The second-order valence-corrected chi connectivity index (χ2v) is 4.79. The smallest absolute Gasteiger partial charge is 0.122 e. The molecule has 1 N–H and O–H groups in total. The Balaban J connectivity index is 0.00000162. The number of aryl methyl sites for hydroxylation is 1. The number of ether oxygens (including phenoxy) is 1. The molecular formula is C15H24ClNO. The van der Waals surface area contributed by atoms with Gasteiger partial charge in [0.1, 0.15) is 5.75 Å². The average molecular weight is 270 g/mol. The normalized spacial score (nSPS) is 16.1. The first-order valence-electron chi connectivity index (χ1n) is 6.81. The topological polar surface area (TPSA) is 21.3 Å². The Labute approximate surface area is 117 Å². The summed E-state index contributed by atoms with van der Waals surface area (Å²) in [5.74, 6) is 1.92. The summed E-state index contributed by atoms with van der Waals surface area (Å²) < 4.78 is 5.91. The zero-order valence-corrected chi connectivity index (χ0v) is 12.0. The molecule has 1 heterocycles. The summed E-state index contributed by atoms with van der Waals surface area (Å²) in [5.41, 5.74) is 1.32. The molecule has 2 nitrogen and oxygen atoms in total. The Kier molecular flexibility index (Phi) is 7.14. The van der Waals surface area contributed by atoms with Crippen molar-refractivity contribution in [2.75, 3.05) is 19.7 Å². The van der Waals surface area contributed by atoms with Gasteiger partial charge in [-0.2, -0.15) is 0 Å². The molecule has 0 spiro atoms. The lowest BCUT2D eigenvalue weighted by molar-refractivity contribution is 0.250. The van der Waals surface area contributed by atoms with Crippen molar-refractivity contribution in [3.8, 4) is 5.75 Å². The van der Waals surface area contributed by atoms with E-state index in [-0.39, 0.29) is 12.4 Å². The van der Waals surface area contributed by atoms with Crippen LogP contribution in [0.3, 0.4) is 0 Å². The monoisotopic (exact) mass is 269 g/mol. The molecule has 1 fully saturated rings. The van der Waals surface area contributed by atoms with Crippen molar-refractivity contribution >= 4 is 12.4 Å². The lowest BCUT2D eigenvalue weighted by Crippen LogP contribution is -2.28. The first kappa shape index (κ1) is 15.3. The Morgan fingerprint density at radius 3 is 2.67 bits per heavy atom. The number of nitrogens with one attached hydrogen (secondary N) is 1. The van der Waals surface area contributed by atoms with Crippen LogP contribution in [0.25, 0.3) is 0 Å². The van der Waals surface area contributed by atoms with Crippen LogP contribution in [0.1, 0.15) is 31.7 Å². The van der Waals surface area contributed by atoms with E-state index in [1.165, 1.54) is 37.9 Å². The van der Waals surface area contributed by atoms with Gasteiger partial charge < -0.3 is 10.1 Å². The molecule has 3 heteroatoms. The fourth-order valence-corrected chi connectivity index (χ4v) is 2.44. The fourth-order valence-electron chi connectivity index (χ4n) is 2.44. The number of hydrogen-bond acceptors (Lipinski definition) is 2. The van der Waals surface area contributed by atoms with Crippen molar-refractivity contribution in [2.45, 2.75) is 32.6 Å². The van der Waals surface area contributed by atoms with E-state index in [0.717, 1.165) is 24.7 Å². The van der Waals surface area contributed by atoms with E-state index in [0.29, 0.717) is 0 Å². The van der Waals surface area contributed by atoms with Gasteiger partial charge in [-0.05, 0) is 56.3 Å². The van der Waals surface area contributed by atoms with Gasteiger partial charge in [0.25, 0.3) is 0 Å². The summed E-state index contributed by atoms with van der Waals surface area (Å²) in [4.78, 5) is 0. The largest absolute Gasteiger partial charge is 0.493 e. The lowest BCUT2D eigenvalue weighted by atomic mass is 9.95. The molecule has 0 bridgehead atoms. The van der Waals surface area contributed by atoms with Gasteiger partial charge in [0.15, 0.2) is 0 Å². The maximum absolute atomic E-state index is 5.91. The van der Waals surface area contributed by atoms with Crippen molar-refractivity contribution in [1.29, 1.82) is 0 Å². The average Bonchev–Trinajstić information content (AvgIpc) is 2.40. The van der Waals surface area contributed by atoms with Crippen LogP contribution >= 0.6 is 12.4 Å². The van der Waals surface area contributed by atoms with Crippen molar-refractivity contribution in [3.63, 3.8) is 0 Å². The van der Waals surface area contributed by atoms with Gasteiger partial charge in [-0.3, -0.25) is 0 Å². The molecule has 1 aliphatic heterocycles. The molecule has 1 saturated heterocycles. The van der Waals surface area contributed by atoms with E-state index in [2.05, 4.69) is 36.5 Å². The molecule has 0 aromatic heterocycles. The molecule has 0 atom stereocenters. The summed E-state index contributed by atoms with van der Waals surface area (Å²) in [6.45, 7) is 5.39. The summed E-state index contributed by atoms with van der Waals surface area (Å²) >= 11 is 0. The molecule has 2 rings (SSSR count). The number of benzene rings is 1. The molecule has 1 aromatic rings. The van der Waals surface area contributed by atoms with Crippen LogP contribution in [0.15, 0.2) is 24.3 Å². The quantitative estimate of drug-likeness (QED) is 0.884. The van der Waals surface area contributed by atoms with Crippen LogP contribution in [0.4, 0.5) is 0 Å². The second kappa shape index (κ2) is 8.39. The van der Waals surface area contributed by atoms with E-state index < -0.39 is 0 Å². The zero-order valence-electron chi connectivity index (χ0n) is 11.2. The molecule has 0 amide bonds. The minimum absolute atomic E-state index is 0. The Morgan fingerprint density at radius 2 is 1.94 bits per heavy atom. The second-order valence-electron chi connectivity index (χ2n) is 4.79. The van der Waals surface area contributed by atoms with Gasteiger partial charge in [-0.1, -0.05) is 25.1 Å². The molecule has 1 aliphatic rings. The van der Waals surface area contributed by atoms with E-state index in [9.17, 15) is 0 Å². The molecule has 0 unspecified atom stereocenters. The van der Waals surface area contributed by atoms with Gasteiger partial charge >= 0.3 is 0 Å². The maximum atomic E-state index is 5.91. The van der Waals surface area contributed by atoms with Gasteiger partial charge in [0, 0.05) is 0 Å². The third-order valence-electron chi connectivity index (χ3n) is 3.60. The van der Waals surface area contributed by atoms with Gasteiger partial charge in [0.2, 0.25) is 0 Å². The minimum Gasteiger partial charge on any atom is -0.493 e. The van der Waals surface area contributed by atoms with Crippen molar-refractivity contribution in [2.24, 2.45) is 5.92 Å². The van der Waals surface area contributed by atoms with E-state index in [1.54, 1.807) is 0 Å². The molecule has 18 heavy (non-hydrogen) atoms. The predicted octanol–water partition coefficient (Wildman–Crippen LogP) is 3.44. The zero-order chi connectivity index (χ0) is 11.9. The van der Waals surface area contributed by atoms with Gasteiger partial charge in [-0.25, -0.2) is 0 Å². The summed E-state index contributed by atoms with van der Waals surface area (Å²) in [7, 11) is 0. The molecule has 0 radical (unpaired) electrons. The Bertz CT molecular complexity index is 337.